The van der Waals surface area contributed by atoms with Crippen LogP contribution in [0.5, 0.6) is 11.5 Å². The second-order valence-electron chi connectivity index (χ2n) is 7.03. The predicted molar refractivity (Wildman–Crippen MR) is 123 cm³/mol. The summed E-state index contributed by atoms with van der Waals surface area (Å²) in [4.78, 5) is 3.99. The fourth-order valence-electron chi connectivity index (χ4n) is 2.96. The molecule has 0 aromatic heterocycles. The fraction of sp³-hybridized carbons (Fsp3) is 0.435. The summed E-state index contributed by atoms with van der Waals surface area (Å²) in [6, 6.07) is 16.3. The lowest BCUT2D eigenvalue weighted by molar-refractivity contribution is 0.303. The topological polar surface area (TPSA) is 107 Å². The maximum atomic E-state index is 6.03. The monoisotopic (exact) mass is 413 g/mol. The van der Waals surface area contributed by atoms with Crippen LogP contribution in [0.25, 0.3) is 0 Å². The molecule has 0 radical (unpaired) electrons. The minimum Gasteiger partial charge on any atom is -0.497 e. The maximum absolute atomic E-state index is 6.03. The van der Waals surface area contributed by atoms with Gasteiger partial charge in [0.1, 0.15) is 11.5 Å². The van der Waals surface area contributed by atoms with Crippen LogP contribution in [0, 0.1) is 0 Å². The van der Waals surface area contributed by atoms with E-state index in [4.69, 9.17) is 20.9 Å². The third-order valence-corrected chi connectivity index (χ3v) is 4.57. The smallest absolute Gasteiger partial charge is 0.185 e. The molecule has 0 saturated heterocycles. The van der Waals surface area contributed by atoms with Crippen molar-refractivity contribution in [2.45, 2.75) is 32.4 Å². The fourth-order valence-corrected chi connectivity index (χ4v) is 2.96. The number of nitrogens with two attached hydrogens (primary N) is 2. The number of guanidine groups is 1. The van der Waals surface area contributed by atoms with E-state index in [0.717, 1.165) is 62.5 Å². The van der Waals surface area contributed by atoms with E-state index < -0.39 is 0 Å². The van der Waals surface area contributed by atoms with Gasteiger partial charge in [0.05, 0.1) is 13.7 Å². The zero-order chi connectivity index (χ0) is 21.4. The van der Waals surface area contributed by atoms with Gasteiger partial charge in [-0.15, -0.1) is 0 Å². The molecule has 7 heteroatoms. The summed E-state index contributed by atoms with van der Waals surface area (Å²) in [5, 5.41) is 6.90. The highest BCUT2D eigenvalue weighted by molar-refractivity contribution is 5.75. The molecule has 2 aromatic rings. The molecule has 6 N–H and O–H groups in total. The van der Waals surface area contributed by atoms with Crippen LogP contribution in [0.4, 0.5) is 0 Å². The van der Waals surface area contributed by atoms with Crippen LogP contribution in [0.1, 0.15) is 30.4 Å². The zero-order valence-electron chi connectivity index (χ0n) is 17.9. The summed E-state index contributed by atoms with van der Waals surface area (Å²) in [5.41, 5.74) is 13.0. The van der Waals surface area contributed by atoms with Crippen LogP contribution in [0.2, 0.25) is 0 Å². The van der Waals surface area contributed by atoms with E-state index in [-0.39, 0.29) is 5.96 Å². The van der Waals surface area contributed by atoms with Crippen molar-refractivity contribution in [2.24, 2.45) is 16.5 Å². The van der Waals surface area contributed by atoms with Crippen LogP contribution in [-0.4, -0.2) is 39.3 Å². The number of methoxy groups -OCH3 is 1. The first-order valence-electron chi connectivity index (χ1n) is 10.5. The van der Waals surface area contributed by atoms with E-state index in [0.29, 0.717) is 13.2 Å². The molecule has 0 bridgehead atoms. The first-order chi connectivity index (χ1) is 14.7. The van der Waals surface area contributed by atoms with Gasteiger partial charge in [0.25, 0.3) is 0 Å². The molecule has 2 aromatic carbocycles. The summed E-state index contributed by atoms with van der Waals surface area (Å²) in [7, 11) is 1.68. The summed E-state index contributed by atoms with van der Waals surface area (Å²) in [6.45, 7) is 4.73. The minimum atomic E-state index is 0.149. The first-order valence-corrected chi connectivity index (χ1v) is 10.5. The molecule has 2 rings (SSSR count). The third kappa shape index (κ3) is 9.62. The van der Waals surface area contributed by atoms with Crippen molar-refractivity contribution < 1.29 is 9.47 Å². The van der Waals surface area contributed by atoms with Gasteiger partial charge in [0.2, 0.25) is 0 Å². The molecule has 0 aliphatic rings. The van der Waals surface area contributed by atoms with E-state index in [9.17, 15) is 0 Å². The van der Waals surface area contributed by atoms with Crippen LogP contribution >= 0.6 is 0 Å². The van der Waals surface area contributed by atoms with Gasteiger partial charge in [0, 0.05) is 25.2 Å². The Kier molecular flexibility index (Phi) is 11.2. The van der Waals surface area contributed by atoms with Gasteiger partial charge in [-0.25, -0.2) is 0 Å². The lowest BCUT2D eigenvalue weighted by atomic mass is 10.2. The van der Waals surface area contributed by atoms with E-state index in [1.165, 1.54) is 5.56 Å². The molecule has 0 aliphatic heterocycles. The Bertz CT molecular complexity index is 749. The lowest BCUT2D eigenvalue weighted by Crippen LogP contribution is -2.23. The molecule has 30 heavy (non-hydrogen) atoms. The number of benzene rings is 2. The molecule has 0 atom stereocenters. The molecule has 0 heterocycles. The number of nitrogens with one attached hydrogen (secondary N) is 2. The number of unbranched alkanes of at least 4 members (excludes halogenated alkanes) is 1. The minimum absolute atomic E-state index is 0.149. The van der Waals surface area contributed by atoms with Crippen LogP contribution in [0.15, 0.2) is 53.5 Å². The Morgan fingerprint density at radius 3 is 2.47 bits per heavy atom. The van der Waals surface area contributed by atoms with Gasteiger partial charge < -0.3 is 31.6 Å². The van der Waals surface area contributed by atoms with E-state index in [2.05, 4.69) is 39.9 Å². The molecular weight excluding hydrogens is 378 g/mol. The summed E-state index contributed by atoms with van der Waals surface area (Å²) in [5.74, 6) is 1.87. The molecule has 0 saturated carbocycles. The number of rotatable bonds is 15. The van der Waals surface area contributed by atoms with Gasteiger partial charge in [-0.1, -0.05) is 30.3 Å². The van der Waals surface area contributed by atoms with E-state index in [1.54, 1.807) is 7.11 Å². The quantitative estimate of drug-likeness (QED) is 0.203. The number of hydrogen-bond acceptors (Lipinski definition) is 5. The number of nitrogens with zero attached hydrogens (tertiary/aromatic N) is 1. The van der Waals surface area contributed by atoms with Crippen molar-refractivity contribution in [1.29, 1.82) is 0 Å². The largest absolute Gasteiger partial charge is 0.497 e. The highest BCUT2D eigenvalue weighted by Crippen LogP contribution is 2.24. The van der Waals surface area contributed by atoms with Gasteiger partial charge in [-0.3, -0.25) is 4.99 Å². The van der Waals surface area contributed by atoms with Gasteiger partial charge in [-0.2, -0.15) is 0 Å². The highest BCUT2D eigenvalue weighted by Gasteiger charge is 2.06. The Balaban J connectivity index is 1.69. The van der Waals surface area contributed by atoms with Gasteiger partial charge in [0.15, 0.2) is 5.96 Å². The molecule has 0 amide bonds. The van der Waals surface area contributed by atoms with Crippen molar-refractivity contribution in [3.05, 3.63) is 59.7 Å². The standard InChI is InChI=1S/C23H35N5O2/c1-29-21-10-11-22(20(16-21)18-27-12-5-6-14-28-23(24)25)30-15-7-13-26-17-19-8-3-2-4-9-19/h2-4,8-11,16,26-27H,5-7,12-15,17-18H2,1H3,(H4,24,25,28). The highest BCUT2D eigenvalue weighted by atomic mass is 16.5. The van der Waals surface area contributed by atoms with Crippen LogP contribution in [0.3, 0.4) is 0 Å². The molecule has 164 valence electrons. The Morgan fingerprint density at radius 1 is 0.933 bits per heavy atom. The molecular formula is C23H35N5O2. The maximum Gasteiger partial charge on any atom is 0.185 e. The second kappa shape index (κ2) is 14.3. The summed E-state index contributed by atoms with van der Waals surface area (Å²) in [6.07, 6.45) is 2.89. The van der Waals surface area contributed by atoms with Crippen LogP contribution < -0.4 is 31.6 Å². The van der Waals surface area contributed by atoms with Crippen molar-refractivity contribution in [2.75, 3.05) is 33.4 Å². The number of aliphatic imine (C=N–C) groups is 1. The second-order valence-corrected chi connectivity index (χ2v) is 7.03. The van der Waals surface area contributed by atoms with Crippen LogP contribution in [-0.2, 0) is 13.1 Å². The molecule has 0 unspecified atom stereocenters. The summed E-state index contributed by atoms with van der Waals surface area (Å²) < 4.78 is 11.4. The van der Waals surface area contributed by atoms with Gasteiger partial charge in [-0.05, 0) is 56.1 Å². The molecule has 7 nitrogen and oxygen atoms in total. The molecule has 0 fully saturated rings. The van der Waals surface area contributed by atoms with Crippen molar-refractivity contribution >= 4 is 5.96 Å². The Hall–Kier alpha value is -2.77. The normalized spacial score (nSPS) is 10.6. The first kappa shape index (κ1) is 23.5. The zero-order valence-corrected chi connectivity index (χ0v) is 17.9. The Labute approximate surface area is 179 Å². The average Bonchev–Trinajstić information content (AvgIpc) is 2.76. The Morgan fingerprint density at radius 2 is 1.70 bits per heavy atom. The van der Waals surface area contributed by atoms with E-state index >= 15 is 0 Å². The van der Waals surface area contributed by atoms with Crippen molar-refractivity contribution in [1.82, 2.24) is 10.6 Å². The van der Waals surface area contributed by atoms with Gasteiger partial charge >= 0.3 is 0 Å². The average molecular weight is 414 g/mol. The predicted octanol–water partition coefficient (Wildman–Crippen LogP) is 2.40. The third-order valence-electron chi connectivity index (χ3n) is 4.57. The number of hydrogen-bond donors (Lipinski definition) is 4. The SMILES string of the molecule is COc1ccc(OCCCNCc2ccccc2)c(CNCCCCN=C(N)N)c1. The van der Waals surface area contributed by atoms with Crippen molar-refractivity contribution in [3.63, 3.8) is 0 Å². The lowest BCUT2D eigenvalue weighted by Gasteiger charge is -2.14. The van der Waals surface area contributed by atoms with Crippen molar-refractivity contribution in [3.8, 4) is 11.5 Å². The summed E-state index contributed by atoms with van der Waals surface area (Å²) >= 11 is 0. The number of ether oxygens (including phenoxy) is 2. The van der Waals surface area contributed by atoms with E-state index in [1.807, 2.05) is 24.3 Å². The molecule has 0 aliphatic carbocycles. The molecule has 0 spiro atoms.